The SMILES string of the molecule is CC(C)c1nsc(Oc2ccc(C#N)cc2Cl)n1. The zero-order chi connectivity index (χ0) is 13.1. The summed E-state index contributed by atoms with van der Waals surface area (Å²) in [6.07, 6.45) is 0. The molecule has 2 aromatic rings. The van der Waals surface area contributed by atoms with Gasteiger partial charge in [-0.05, 0) is 18.2 Å². The fraction of sp³-hybridized carbons (Fsp3) is 0.250. The van der Waals surface area contributed by atoms with E-state index in [0.29, 0.717) is 21.5 Å². The first-order valence-electron chi connectivity index (χ1n) is 5.31. The molecule has 92 valence electrons. The Morgan fingerprint density at radius 2 is 2.22 bits per heavy atom. The quantitative estimate of drug-likeness (QED) is 0.853. The van der Waals surface area contributed by atoms with E-state index < -0.39 is 0 Å². The van der Waals surface area contributed by atoms with E-state index >= 15 is 0 Å². The van der Waals surface area contributed by atoms with Gasteiger partial charge in [-0.2, -0.15) is 14.6 Å². The van der Waals surface area contributed by atoms with Crippen molar-refractivity contribution in [3.63, 3.8) is 0 Å². The molecule has 0 radical (unpaired) electrons. The molecule has 1 heterocycles. The van der Waals surface area contributed by atoms with Crippen LogP contribution in [-0.4, -0.2) is 9.36 Å². The molecule has 0 amide bonds. The van der Waals surface area contributed by atoms with Crippen LogP contribution < -0.4 is 4.74 Å². The molecule has 2 rings (SSSR count). The van der Waals surface area contributed by atoms with E-state index in [0.717, 1.165) is 5.82 Å². The largest absolute Gasteiger partial charge is 0.428 e. The predicted molar refractivity (Wildman–Crippen MR) is 70.2 cm³/mol. The maximum Gasteiger partial charge on any atom is 0.298 e. The third-order valence-corrected chi connectivity index (χ3v) is 3.10. The van der Waals surface area contributed by atoms with Gasteiger partial charge in [-0.3, -0.25) is 0 Å². The Morgan fingerprint density at radius 1 is 1.44 bits per heavy atom. The lowest BCUT2D eigenvalue weighted by Gasteiger charge is -2.03. The van der Waals surface area contributed by atoms with Crippen molar-refractivity contribution in [2.75, 3.05) is 0 Å². The molecule has 0 aliphatic carbocycles. The van der Waals surface area contributed by atoms with Gasteiger partial charge in [0.15, 0.2) is 0 Å². The third kappa shape index (κ3) is 2.78. The Balaban J connectivity index is 2.21. The van der Waals surface area contributed by atoms with E-state index in [9.17, 15) is 0 Å². The Hall–Kier alpha value is -1.64. The van der Waals surface area contributed by atoms with Crippen LogP contribution in [0, 0.1) is 11.3 Å². The topological polar surface area (TPSA) is 58.8 Å². The highest BCUT2D eigenvalue weighted by Gasteiger charge is 2.11. The maximum atomic E-state index is 8.74. The van der Waals surface area contributed by atoms with Crippen LogP contribution >= 0.6 is 23.1 Å². The number of nitrogens with zero attached hydrogens (tertiary/aromatic N) is 3. The fourth-order valence-corrected chi connectivity index (χ4v) is 2.15. The Bertz CT molecular complexity index is 604. The lowest BCUT2D eigenvalue weighted by Crippen LogP contribution is -1.90. The molecule has 18 heavy (non-hydrogen) atoms. The lowest BCUT2D eigenvalue weighted by atomic mass is 10.2. The van der Waals surface area contributed by atoms with Crippen molar-refractivity contribution < 1.29 is 4.74 Å². The van der Waals surface area contributed by atoms with Gasteiger partial charge in [0.25, 0.3) is 5.19 Å². The number of rotatable bonds is 3. The van der Waals surface area contributed by atoms with Gasteiger partial charge in [-0.15, -0.1) is 0 Å². The van der Waals surface area contributed by atoms with E-state index in [2.05, 4.69) is 9.36 Å². The number of hydrogen-bond acceptors (Lipinski definition) is 5. The number of halogens is 1. The predicted octanol–water partition coefficient (Wildman–Crippen LogP) is 3.98. The Labute approximate surface area is 114 Å². The van der Waals surface area contributed by atoms with Gasteiger partial charge >= 0.3 is 0 Å². The van der Waals surface area contributed by atoms with Gasteiger partial charge in [0.2, 0.25) is 0 Å². The summed E-state index contributed by atoms with van der Waals surface area (Å²) >= 11 is 7.19. The van der Waals surface area contributed by atoms with Gasteiger partial charge in [0.05, 0.1) is 16.7 Å². The summed E-state index contributed by atoms with van der Waals surface area (Å²) in [5, 5.41) is 9.57. The van der Waals surface area contributed by atoms with E-state index in [1.165, 1.54) is 11.5 Å². The van der Waals surface area contributed by atoms with Crippen molar-refractivity contribution in [2.45, 2.75) is 19.8 Å². The molecule has 0 aliphatic heterocycles. The molecule has 1 aromatic carbocycles. The second-order valence-electron chi connectivity index (χ2n) is 3.93. The minimum atomic E-state index is 0.259. The summed E-state index contributed by atoms with van der Waals surface area (Å²) in [5.74, 6) is 1.48. The van der Waals surface area contributed by atoms with Crippen molar-refractivity contribution in [2.24, 2.45) is 0 Å². The van der Waals surface area contributed by atoms with Gasteiger partial charge < -0.3 is 4.74 Å². The number of hydrogen-bond donors (Lipinski definition) is 0. The van der Waals surface area contributed by atoms with Crippen LogP contribution in [0.4, 0.5) is 0 Å². The van der Waals surface area contributed by atoms with Crippen molar-refractivity contribution in [3.8, 4) is 17.0 Å². The molecular weight excluding hydrogens is 270 g/mol. The maximum absolute atomic E-state index is 8.74. The second kappa shape index (κ2) is 5.34. The van der Waals surface area contributed by atoms with Crippen molar-refractivity contribution in [1.82, 2.24) is 9.36 Å². The molecule has 1 aromatic heterocycles. The van der Waals surface area contributed by atoms with E-state index in [1.807, 2.05) is 19.9 Å². The molecule has 4 nitrogen and oxygen atoms in total. The van der Waals surface area contributed by atoms with E-state index in [-0.39, 0.29) is 5.92 Å². The lowest BCUT2D eigenvalue weighted by molar-refractivity contribution is 0.476. The zero-order valence-electron chi connectivity index (χ0n) is 9.85. The molecule has 0 unspecified atom stereocenters. The minimum Gasteiger partial charge on any atom is -0.428 e. The van der Waals surface area contributed by atoms with Crippen LogP contribution in [0.1, 0.15) is 31.2 Å². The summed E-state index contributed by atoms with van der Waals surface area (Å²) in [4.78, 5) is 4.25. The average molecular weight is 280 g/mol. The van der Waals surface area contributed by atoms with Crippen LogP contribution in [0.2, 0.25) is 5.02 Å². The highest BCUT2D eigenvalue weighted by atomic mass is 35.5. The third-order valence-electron chi connectivity index (χ3n) is 2.20. The number of ether oxygens (including phenoxy) is 1. The normalized spacial score (nSPS) is 10.4. The van der Waals surface area contributed by atoms with E-state index in [1.54, 1.807) is 18.2 Å². The molecule has 0 fully saturated rings. The van der Waals surface area contributed by atoms with Gasteiger partial charge in [0, 0.05) is 17.5 Å². The fourth-order valence-electron chi connectivity index (χ4n) is 1.24. The first kappa shape index (κ1) is 12.8. The number of nitriles is 1. The monoisotopic (exact) mass is 279 g/mol. The Morgan fingerprint density at radius 3 is 2.78 bits per heavy atom. The molecule has 0 spiro atoms. The summed E-state index contributed by atoms with van der Waals surface area (Å²) in [7, 11) is 0. The molecule has 0 bridgehead atoms. The number of aromatic nitrogens is 2. The summed E-state index contributed by atoms with van der Waals surface area (Å²) in [5.41, 5.74) is 0.493. The molecule has 6 heteroatoms. The second-order valence-corrected chi connectivity index (χ2v) is 5.05. The molecule has 0 N–H and O–H groups in total. The smallest absolute Gasteiger partial charge is 0.298 e. The first-order valence-corrected chi connectivity index (χ1v) is 6.46. The van der Waals surface area contributed by atoms with Crippen LogP contribution in [0.5, 0.6) is 10.9 Å². The summed E-state index contributed by atoms with van der Waals surface area (Å²) < 4.78 is 9.73. The van der Waals surface area contributed by atoms with Crippen LogP contribution in [0.3, 0.4) is 0 Å². The molecular formula is C12H10ClN3OS. The van der Waals surface area contributed by atoms with Crippen molar-refractivity contribution in [1.29, 1.82) is 5.26 Å². The van der Waals surface area contributed by atoms with Crippen LogP contribution in [0.15, 0.2) is 18.2 Å². The van der Waals surface area contributed by atoms with Gasteiger partial charge in [-0.1, -0.05) is 25.4 Å². The average Bonchev–Trinajstić information content (AvgIpc) is 2.80. The molecule has 0 aliphatic rings. The van der Waals surface area contributed by atoms with E-state index in [4.69, 9.17) is 21.6 Å². The van der Waals surface area contributed by atoms with Gasteiger partial charge in [-0.25, -0.2) is 0 Å². The Kier molecular flexibility index (Phi) is 3.80. The summed E-state index contributed by atoms with van der Waals surface area (Å²) in [6, 6.07) is 6.86. The van der Waals surface area contributed by atoms with Gasteiger partial charge in [0.1, 0.15) is 11.6 Å². The number of benzene rings is 1. The standard InChI is InChI=1S/C12H10ClN3OS/c1-7(2)11-15-12(18-16-11)17-10-4-3-8(6-14)5-9(10)13/h3-5,7H,1-2H3. The van der Waals surface area contributed by atoms with Crippen molar-refractivity contribution in [3.05, 3.63) is 34.6 Å². The molecule has 0 atom stereocenters. The van der Waals surface area contributed by atoms with Crippen molar-refractivity contribution >= 4 is 23.1 Å². The van der Waals surface area contributed by atoms with Crippen LogP contribution in [0.25, 0.3) is 0 Å². The highest BCUT2D eigenvalue weighted by molar-refractivity contribution is 7.07. The molecule has 0 saturated heterocycles. The molecule has 0 saturated carbocycles. The summed E-state index contributed by atoms with van der Waals surface area (Å²) in [6.45, 7) is 4.03. The van der Waals surface area contributed by atoms with Crippen LogP contribution in [-0.2, 0) is 0 Å². The highest BCUT2D eigenvalue weighted by Crippen LogP contribution is 2.31. The minimum absolute atomic E-state index is 0.259. The zero-order valence-corrected chi connectivity index (χ0v) is 11.4. The first-order chi connectivity index (χ1) is 8.60.